The van der Waals surface area contributed by atoms with Crippen LogP contribution in [0.25, 0.3) is 0 Å². The Balaban J connectivity index is 2.02. The predicted octanol–water partition coefficient (Wildman–Crippen LogP) is 3.33. The minimum absolute atomic E-state index is 0.626. The Morgan fingerprint density at radius 2 is 2.04 bits per heavy atom. The van der Waals surface area contributed by atoms with Gasteiger partial charge < -0.3 is 15.4 Å². The molecule has 0 radical (unpaired) electrons. The number of rotatable bonds is 6. The van der Waals surface area contributed by atoms with E-state index < -0.39 is 0 Å². The molecule has 5 nitrogen and oxygen atoms in total. The maximum atomic E-state index is 5.30. The number of aryl methyl sites for hydroxylation is 3. The Bertz CT molecular complexity index is 709. The van der Waals surface area contributed by atoms with Crippen molar-refractivity contribution in [2.45, 2.75) is 40.8 Å². The molecule has 0 aliphatic heterocycles. The van der Waals surface area contributed by atoms with Crippen molar-refractivity contribution in [3.63, 3.8) is 0 Å². The Morgan fingerprint density at radius 3 is 2.62 bits per heavy atom. The zero-order valence-corrected chi connectivity index (χ0v) is 15.9. The van der Waals surface area contributed by atoms with Gasteiger partial charge in [0.05, 0.1) is 30.9 Å². The van der Waals surface area contributed by atoms with Crippen LogP contribution in [0.1, 0.15) is 33.6 Å². The van der Waals surface area contributed by atoms with Crippen molar-refractivity contribution >= 4 is 17.3 Å². The van der Waals surface area contributed by atoms with E-state index in [1.54, 1.807) is 18.4 Å². The standard InChI is InChI=1S/C18H26N4OS/c1-6-19-18(21-11-17-13(3)22-14(4)24-17)20-10-15-7-8-16(23-5)12(2)9-15/h7-9H,6,10-11H2,1-5H3,(H2,19,20,21). The number of nitrogens with one attached hydrogen (secondary N) is 2. The second-order valence-electron chi connectivity index (χ2n) is 5.59. The third-order valence-electron chi connectivity index (χ3n) is 3.64. The van der Waals surface area contributed by atoms with Crippen molar-refractivity contribution < 1.29 is 4.74 Å². The lowest BCUT2D eigenvalue weighted by Gasteiger charge is -2.11. The largest absolute Gasteiger partial charge is 0.496 e. The van der Waals surface area contributed by atoms with Crippen LogP contribution >= 0.6 is 11.3 Å². The Morgan fingerprint density at radius 1 is 1.25 bits per heavy atom. The zero-order valence-electron chi connectivity index (χ0n) is 15.1. The SMILES string of the molecule is CCNC(=NCc1ccc(OC)c(C)c1)NCc1sc(C)nc1C. The summed E-state index contributed by atoms with van der Waals surface area (Å²) in [5.74, 6) is 1.72. The fraction of sp³-hybridized carbons (Fsp3) is 0.444. The molecule has 2 rings (SSSR count). The van der Waals surface area contributed by atoms with Crippen LogP contribution in [0, 0.1) is 20.8 Å². The Labute approximate surface area is 148 Å². The van der Waals surface area contributed by atoms with Crippen molar-refractivity contribution in [1.82, 2.24) is 15.6 Å². The van der Waals surface area contributed by atoms with Crippen molar-refractivity contribution in [3.05, 3.63) is 44.9 Å². The summed E-state index contributed by atoms with van der Waals surface area (Å²) in [4.78, 5) is 10.4. The molecule has 0 amide bonds. The lowest BCUT2D eigenvalue weighted by molar-refractivity contribution is 0.411. The highest BCUT2D eigenvalue weighted by Crippen LogP contribution is 2.19. The predicted molar refractivity (Wildman–Crippen MR) is 101 cm³/mol. The van der Waals surface area contributed by atoms with Gasteiger partial charge in [0.1, 0.15) is 5.75 Å². The summed E-state index contributed by atoms with van der Waals surface area (Å²) >= 11 is 1.72. The molecule has 24 heavy (non-hydrogen) atoms. The third kappa shape index (κ3) is 4.96. The number of hydrogen-bond acceptors (Lipinski definition) is 4. The fourth-order valence-electron chi connectivity index (χ4n) is 2.45. The first-order valence-corrected chi connectivity index (χ1v) is 8.93. The maximum Gasteiger partial charge on any atom is 0.191 e. The van der Waals surface area contributed by atoms with Crippen LogP contribution in [0.15, 0.2) is 23.2 Å². The third-order valence-corrected chi connectivity index (χ3v) is 4.71. The summed E-state index contributed by atoms with van der Waals surface area (Å²) < 4.78 is 5.30. The monoisotopic (exact) mass is 346 g/mol. The highest BCUT2D eigenvalue weighted by Gasteiger charge is 2.06. The lowest BCUT2D eigenvalue weighted by atomic mass is 10.1. The first-order valence-electron chi connectivity index (χ1n) is 8.12. The zero-order chi connectivity index (χ0) is 17.5. The topological polar surface area (TPSA) is 58.5 Å². The van der Waals surface area contributed by atoms with Gasteiger partial charge in [-0.3, -0.25) is 0 Å². The Kier molecular flexibility index (Phi) is 6.61. The van der Waals surface area contributed by atoms with Gasteiger partial charge in [0, 0.05) is 11.4 Å². The number of benzene rings is 1. The maximum absolute atomic E-state index is 5.30. The van der Waals surface area contributed by atoms with Crippen LogP contribution in [0.2, 0.25) is 0 Å². The van der Waals surface area contributed by atoms with Crippen LogP contribution in [0.4, 0.5) is 0 Å². The van der Waals surface area contributed by atoms with Gasteiger partial charge in [-0.15, -0.1) is 11.3 Å². The molecule has 0 bridgehead atoms. The second kappa shape index (κ2) is 8.68. The van der Waals surface area contributed by atoms with E-state index >= 15 is 0 Å². The number of thiazole rings is 1. The van der Waals surface area contributed by atoms with E-state index in [0.29, 0.717) is 6.54 Å². The number of nitrogens with zero attached hydrogens (tertiary/aromatic N) is 2. The molecule has 0 fully saturated rings. The van der Waals surface area contributed by atoms with Gasteiger partial charge in [-0.05, 0) is 44.9 Å². The van der Waals surface area contributed by atoms with Gasteiger partial charge in [-0.1, -0.05) is 12.1 Å². The fourth-order valence-corrected chi connectivity index (χ4v) is 3.33. The molecular formula is C18H26N4OS. The molecule has 0 saturated carbocycles. The van der Waals surface area contributed by atoms with Gasteiger partial charge in [0.25, 0.3) is 0 Å². The number of aromatic nitrogens is 1. The van der Waals surface area contributed by atoms with Gasteiger partial charge >= 0.3 is 0 Å². The molecule has 0 spiro atoms. The first kappa shape index (κ1) is 18.3. The number of aliphatic imine (C=N–C) groups is 1. The summed E-state index contributed by atoms with van der Waals surface area (Å²) in [6.07, 6.45) is 0. The number of guanidine groups is 1. The van der Waals surface area contributed by atoms with Crippen LogP contribution in [0.3, 0.4) is 0 Å². The molecule has 1 heterocycles. The molecule has 2 aromatic rings. The molecule has 0 saturated heterocycles. The van der Waals surface area contributed by atoms with E-state index in [9.17, 15) is 0 Å². The molecule has 2 N–H and O–H groups in total. The minimum Gasteiger partial charge on any atom is -0.496 e. The average molecular weight is 347 g/mol. The molecular weight excluding hydrogens is 320 g/mol. The van der Waals surface area contributed by atoms with E-state index in [4.69, 9.17) is 4.74 Å². The van der Waals surface area contributed by atoms with Crippen molar-refractivity contribution in [3.8, 4) is 5.75 Å². The Hall–Kier alpha value is -2.08. The summed E-state index contributed by atoms with van der Waals surface area (Å²) in [5, 5.41) is 7.77. The van der Waals surface area contributed by atoms with Gasteiger partial charge in [0.15, 0.2) is 5.96 Å². The smallest absolute Gasteiger partial charge is 0.191 e. The van der Waals surface area contributed by atoms with Crippen LogP contribution in [0.5, 0.6) is 5.75 Å². The molecule has 1 aromatic carbocycles. The summed E-state index contributed by atoms with van der Waals surface area (Å²) in [6, 6.07) is 6.15. The highest BCUT2D eigenvalue weighted by molar-refractivity contribution is 7.11. The number of hydrogen-bond donors (Lipinski definition) is 2. The molecule has 130 valence electrons. The van der Waals surface area contributed by atoms with Gasteiger partial charge in [-0.25, -0.2) is 9.98 Å². The highest BCUT2D eigenvalue weighted by atomic mass is 32.1. The van der Waals surface area contributed by atoms with E-state index in [-0.39, 0.29) is 0 Å². The van der Waals surface area contributed by atoms with E-state index in [1.807, 2.05) is 26.8 Å². The van der Waals surface area contributed by atoms with Crippen LogP contribution in [-0.4, -0.2) is 24.6 Å². The summed E-state index contributed by atoms with van der Waals surface area (Å²) in [5.41, 5.74) is 3.38. The molecule has 0 aliphatic carbocycles. The first-order chi connectivity index (χ1) is 11.5. The summed E-state index contributed by atoms with van der Waals surface area (Å²) in [6.45, 7) is 10.4. The molecule has 0 unspecified atom stereocenters. The quantitative estimate of drug-likeness (QED) is 0.622. The normalized spacial score (nSPS) is 11.5. The van der Waals surface area contributed by atoms with E-state index in [2.05, 4.69) is 39.7 Å². The van der Waals surface area contributed by atoms with Gasteiger partial charge in [-0.2, -0.15) is 0 Å². The molecule has 0 aliphatic rings. The van der Waals surface area contributed by atoms with Crippen molar-refractivity contribution in [2.75, 3.05) is 13.7 Å². The molecule has 1 aromatic heterocycles. The second-order valence-corrected chi connectivity index (χ2v) is 6.88. The minimum atomic E-state index is 0.626. The molecule has 0 atom stereocenters. The van der Waals surface area contributed by atoms with Crippen LogP contribution in [-0.2, 0) is 13.1 Å². The van der Waals surface area contributed by atoms with Crippen molar-refractivity contribution in [1.29, 1.82) is 0 Å². The van der Waals surface area contributed by atoms with Crippen LogP contribution < -0.4 is 15.4 Å². The average Bonchev–Trinajstić information content (AvgIpc) is 2.88. The van der Waals surface area contributed by atoms with Gasteiger partial charge in [0.2, 0.25) is 0 Å². The molecule has 6 heteroatoms. The lowest BCUT2D eigenvalue weighted by Crippen LogP contribution is -2.36. The van der Waals surface area contributed by atoms with Crippen molar-refractivity contribution in [2.24, 2.45) is 4.99 Å². The number of ether oxygens (including phenoxy) is 1. The number of methoxy groups -OCH3 is 1. The van der Waals surface area contributed by atoms with E-state index in [0.717, 1.165) is 46.6 Å². The van der Waals surface area contributed by atoms with E-state index in [1.165, 1.54) is 4.88 Å². The summed E-state index contributed by atoms with van der Waals surface area (Å²) in [7, 11) is 1.69.